The molecule has 7 heteroatoms. The number of hydrogen-bond donors (Lipinski definition) is 2. The van der Waals surface area contributed by atoms with Crippen LogP contribution in [-0.4, -0.2) is 16.1 Å². The van der Waals surface area contributed by atoms with Crippen LogP contribution >= 0.6 is 23.1 Å². The van der Waals surface area contributed by atoms with Gasteiger partial charge in [0.2, 0.25) is 11.0 Å². The molecule has 0 aliphatic rings. The number of aryl methyl sites for hydroxylation is 2. The zero-order valence-electron chi connectivity index (χ0n) is 19.7. The standard InChI is InChI=1S/C27H28N4OS2/c1-17(2)20-12-14-22(15-13-20)28-26-30-31-27(34-26)33-24(21-8-6-5-7-9-21)25(32)29-23-16-18(3)10-11-19(23)4/h5-17,24H,1-4H3,(H,28,30)(H,29,32)/t24-/m1/s1. The largest absolute Gasteiger partial charge is 0.330 e. The van der Waals surface area contributed by atoms with E-state index in [0.29, 0.717) is 11.0 Å². The summed E-state index contributed by atoms with van der Waals surface area (Å²) in [6, 6.07) is 24.2. The maximum Gasteiger partial charge on any atom is 0.242 e. The number of aromatic nitrogens is 2. The Hall–Kier alpha value is -3.16. The first-order valence-corrected chi connectivity index (χ1v) is 12.9. The van der Waals surface area contributed by atoms with Gasteiger partial charge in [-0.05, 0) is 60.2 Å². The maximum absolute atomic E-state index is 13.4. The summed E-state index contributed by atoms with van der Waals surface area (Å²) in [6.07, 6.45) is 0. The molecule has 0 spiro atoms. The molecule has 2 N–H and O–H groups in total. The highest BCUT2D eigenvalue weighted by Crippen LogP contribution is 2.39. The van der Waals surface area contributed by atoms with Gasteiger partial charge in [-0.1, -0.05) is 91.5 Å². The highest BCUT2D eigenvalue weighted by Gasteiger charge is 2.24. The van der Waals surface area contributed by atoms with Crippen LogP contribution in [0.2, 0.25) is 0 Å². The molecule has 1 amide bonds. The van der Waals surface area contributed by atoms with Crippen LogP contribution in [0, 0.1) is 13.8 Å². The molecule has 5 nitrogen and oxygen atoms in total. The van der Waals surface area contributed by atoms with Crippen LogP contribution < -0.4 is 10.6 Å². The van der Waals surface area contributed by atoms with Crippen molar-refractivity contribution in [1.82, 2.24) is 10.2 Å². The average molecular weight is 489 g/mol. The molecule has 34 heavy (non-hydrogen) atoms. The lowest BCUT2D eigenvalue weighted by molar-refractivity contribution is -0.115. The van der Waals surface area contributed by atoms with Crippen LogP contribution in [0.3, 0.4) is 0 Å². The molecule has 1 heterocycles. The van der Waals surface area contributed by atoms with E-state index in [1.54, 1.807) is 0 Å². The number of carbonyl (C=O) groups is 1. The monoisotopic (exact) mass is 488 g/mol. The molecule has 0 saturated heterocycles. The van der Waals surface area contributed by atoms with Crippen molar-refractivity contribution >= 4 is 45.5 Å². The summed E-state index contributed by atoms with van der Waals surface area (Å²) in [5.74, 6) is 0.405. The number of anilines is 3. The Kier molecular flexibility index (Phi) is 7.65. The Bertz CT molecular complexity index is 1250. The number of carbonyl (C=O) groups excluding carboxylic acids is 1. The lowest BCUT2D eigenvalue weighted by atomic mass is 10.0. The molecular formula is C27H28N4OS2. The van der Waals surface area contributed by atoms with Crippen molar-refractivity contribution in [1.29, 1.82) is 0 Å². The summed E-state index contributed by atoms with van der Waals surface area (Å²) >= 11 is 2.85. The van der Waals surface area contributed by atoms with Crippen molar-refractivity contribution in [3.8, 4) is 0 Å². The van der Waals surface area contributed by atoms with Crippen LogP contribution in [-0.2, 0) is 4.79 Å². The number of nitrogens with one attached hydrogen (secondary N) is 2. The number of amides is 1. The van der Waals surface area contributed by atoms with Gasteiger partial charge in [0.25, 0.3) is 0 Å². The first-order valence-electron chi connectivity index (χ1n) is 11.2. The smallest absolute Gasteiger partial charge is 0.242 e. The van der Waals surface area contributed by atoms with Gasteiger partial charge in [-0.2, -0.15) is 0 Å². The molecule has 4 aromatic rings. The highest BCUT2D eigenvalue weighted by atomic mass is 32.2. The quantitative estimate of drug-likeness (QED) is 0.251. The zero-order valence-corrected chi connectivity index (χ0v) is 21.3. The fourth-order valence-electron chi connectivity index (χ4n) is 3.45. The van der Waals surface area contributed by atoms with Crippen molar-refractivity contribution in [3.63, 3.8) is 0 Å². The second-order valence-electron chi connectivity index (χ2n) is 8.49. The topological polar surface area (TPSA) is 66.9 Å². The van der Waals surface area contributed by atoms with E-state index in [4.69, 9.17) is 0 Å². The average Bonchev–Trinajstić information content (AvgIpc) is 3.27. The summed E-state index contributed by atoms with van der Waals surface area (Å²) in [7, 11) is 0. The summed E-state index contributed by atoms with van der Waals surface area (Å²) in [4.78, 5) is 13.4. The molecule has 1 atom stereocenters. The lowest BCUT2D eigenvalue weighted by Crippen LogP contribution is -2.19. The first-order chi connectivity index (χ1) is 16.4. The molecule has 174 valence electrons. The van der Waals surface area contributed by atoms with Crippen molar-refractivity contribution in [2.45, 2.75) is 43.2 Å². The van der Waals surface area contributed by atoms with Crippen LogP contribution in [0.25, 0.3) is 0 Å². The number of nitrogens with zero attached hydrogens (tertiary/aromatic N) is 2. The molecule has 4 rings (SSSR count). The SMILES string of the molecule is Cc1ccc(C)c(NC(=O)[C@H](Sc2nnc(Nc3ccc(C(C)C)cc3)s2)c2ccccc2)c1. The Morgan fingerprint density at radius 3 is 2.35 bits per heavy atom. The molecular weight excluding hydrogens is 460 g/mol. The van der Waals surface area contributed by atoms with Crippen LogP contribution in [0.4, 0.5) is 16.5 Å². The Balaban J connectivity index is 1.51. The van der Waals surface area contributed by atoms with Gasteiger partial charge in [-0.25, -0.2) is 0 Å². The van der Waals surface area contributed by atoms with Gasteiger partial charge in [0.15, 0.2) is 4.34 Å². The molecule has 0 unspecified atom stereocenters. The first kappa shape index (κ1) is 24.0. The third kappa shape index (κ3) is 6.04. The molecule has 0 aliphatic heterocycles. The third-order valence-electron chi connectivity index (χ3n) is 5.45. The summed E-state index contributed by atoms with van der Waals surface area (Å²) in [5, 5.41) is 15.3. The summed E-state index contributed by atoms with van der Waals surface area (Å²) < 4.78 is 0.728. The van der Waals surface area contributed by atoms with E-state index >= 15 is 0 Å². The van der Waals surface area contributed by atoms with Crippen LogP contribution in [0.1, 0.15) is 47.3 Å². The fourth-order valence-corrected chi connectivity index (χ4v) is 5.42. The molecule has 0 bridgehead atoms. The van der Waals surface area contributed by atoms with Gasteiger partial charge in [-0.15, -0.1) is 10.2 Å². The fraction of sp³-hybridized carbons (Fsp3) is 0.222. The van der Waals surface area contributed by atoms with Crippen LogP contribution in [0.15, 0.2) is 77.1 Å². The normalized spacial score (nSPS) is 11.9. The lowest BCUT2D eigenvalue weighted by Gasteiger charge is -2.17. The van der Waals surface area contributed by atoms with E-state index in [0.717, 1.165) is 32.4 Å². The van der Waals surface area contributed by atoms with E-state index in [1.165, 1.54) is 28.7 Å². The highest BCUT2D eigenvalue weighted by molar-refractivity contribution is 8.02. The molecule has 3 aromatic carbocycles. The number of benzene rings is 3. The van der Waals surface area contributed by atoms with Crippen LogP contribution in [0.5, 0.6) is 0 Å². The van der Waals surface area contributed by atoms with E-state index < -0.39 is 5.25 Å². The Morgan fingerprint density at radius 2 is 1.65 bits per heavy atom. The summed E-state index contributed by atoms with van der Waals surface area (Å²) in [5.41, 5.74) is 6.14. The van der Waals surface area contributed by atoms with Gasteiger partial charge in [0.05, 0.1) is 0 Å². The number of hydrogen-bond acceptors (Lipinski definition) is 6. The molecule has 0 radical (unpaired) electrons. The van der Waals surface area contributed by atoms with Gasteiger partial charge in [0.1, 0.15) is 5.25 Å². The van der Waals surface area contributed by atoms with Crippen molar-refractivity contribution < 1.29 is 4.79 Å². The second-order valence-corrected chi connectivity index (χ2v) is 10.8. The molecule has 0 saturated carbocycles. The van der Waals surface area contributed by atoms with E-state index in [9.17, 15) is 4.79 Å². The summed E-state index contributed by atoms with van der Waals surface area (Å²) in [6.45, 7) is 8.37. The minimum Gasteiger partial charge on any atom is -0.330 e. The van der Waals surface area contributed by atoms with Gasteiger partial charge < -0.3 is 10.6 Å². The minimum atomic E-state index is -0.452. The van der Waals surface area contributed by atoms with Crippen molar-refractivity contribution in [2.75, 3.05) is 10.6 Å². The maximum atomic E-state index is 13.4. The molecule has 0 aliphatic carbocycles. The zero-order chi connectivity index (χ0) is 24.1. The molecule has 1 aromatic heterocycles. The Labute approximate surface area is 209 Å². The van der Waals surface area contributed by atoms with E-state index in [2.05, 4.69) is 46.8 Å². The van der Waals surface area contributed by atoms with Crippen molar-refractivity contribution in [3.05, 3.63) is 95.1 Å². The molecule has 0 fully saturated rings. The number of thioether (sulfide) groups is 1. The van der Waals surface area contributed by atoms with Gasteiger partial charge >= 0.3 is 0 Å². The van der Waals surface area contributed by atoms with Gasteiger partial charge in [-0.3, -0.25) is 4.79 Å². The van der Waals surface area contributed by atoms with E-state index in [-0.39, 0.29) is 5.91 Å². The van der Waals surface area contributed by atoms with Gasteiger partial charge in [0, 0.05) is 11.4 Å². The van der Waals surface area contributed by atoms with Crippen molar-refractivity contribution in [2.24, 2.45) is 0 Å². The predicted molar refractivity (Wildman–Crippen MR) is 143 cm³/mol. The Morgan fingerprint density at radius 1 is 0.912 bits per heavy atom. The third-order valence-corrected chi connectivity index (χ3v) is 7.62. The number of rotatable bonds is 8. The predicted octanol–water partition coefficient (Wildman–Crippen LogP) is 7.49. The van der Waals surface area contributed by atoms with E-state index in [1.807, 2.05) is 74.5 Å². The second kappa shape index (κ2) is 10.8. The minimum absolute atomic E-state index is 0.0844.